The average Bonchev–Trinajstić information content (AvgIpc) is 2.81. The molecule has 5 nitrogen and oxygen atoms in total. The van der Waals surface area contributed by atoms with Crippen LogP contribution in [0.25, 0.3) is 0 Å². The van der Waals surface area contributed by atoms with Gasteiger partial charge in [-0.15, -0.1) is 0 Å². The van der Waals surface area contributed by atoms with Gasteiger partial charge in [0.15, 0.2) is 0 Å². The van der Waals surface area contributed by atoms with E-state index in [1.54, 1.807) is 12.1 Å². The van der Waals surface area contributed by atoms with E-state index in [2.05, 4.69) is 30.7 Å². The van der Waals surface area contributed by atoms with Gasteiger partial charge in [-0.05, 0) is 64.5 Å². The van der Waals surface area contributed by atoms with E-state index in [0.29, 0.717) is 25.7 Å². The van der Waals surface area contributed by atoms with Crippen LogP contribution in [0, 0.1) is 5.82 Å². The standard InChI is InChI=1S/C21H32FN3O2/c1-16(2)25-13-20(27-15-17-4-6-18(22)7-5-17)12-24(14-21(25)26)19-8-10-23(3)11-9-19/h4-7,16,19-20H,8-15H2,1-3H3. The lowest BCUT2D eigenvalue weighted by molar-refractivity contribution is -0.134. The third-order valence-corrected chi connectivity index (χ3v) is 5.72. The summed E-state index contributed by atoms with van der Waals surface area (Å²) in [5, 5.41) is 0. The second kappa shape index (κ2) is 9.13. The van der Waals surface area contributed by atoms with E-state index in [9.17, 15) is 9.18 Å². The average molecular weight is 378 g/mol. The summed E-state index contributed by atoms with van der Waals surface area (Å²) < 4.78 is 19.3. The second-order valence-corrected chi connectivity index (χ2v) is 8.16. The molecule has 1 aromatic carbocycles. The van der Waals surface area contributed by atoms with Crippen LogP contribution in [0.5, 0.6) is 0 Å². The minimum absolute atomic E-state index is 0.0384. The molecule has 3 rings (SSSR count). The van der Waals surface area contributed by atoms with Crippen molar-refractivity contribution in [1.82, 2.24) is 14.7 Å². The van der Waals surface area contributed by atoms with Crippen LogP contribution in [0.4, 0.5) is 4.39 Å². The van der Waals surface area contributed by atoms with Crippen LogP contribution >= 0.6 is 0 Å². The van der Waals surface area contributed by atoms with Gasteiger partial charge in [0.25, 0.3) is 0 Å². The third kappa shape index (κ3) is 5.50. The molecule has 2 fully saturated rings. The van der Waals surface area contributed by atoms with Crippen LogP contribution < -0.4 is 0 Å². The highest BCUT2D eigenvalue weighted by Gasteiger charge is 2.34. The van der Waals surface area contributed by atoms with Crippen molar-refractivity contribution in [3.05, 3.63) is 35.6 Å². The van der Waals surface area contributed by atoms with E-state index >= 15 is 0 Å². The fraction of sp³-hybridized carbons (Fsp3) is 0.667. The number of benzene rings is 1. The van der Waals surface area contributed by atoms with Crippen LogP contribution in [0.3, 0.4) is 0 Å². The number of carbonyl (C=O) groups is 1. The minimum Gasteiger partial charge on any atom is -0.370 e. The van der Waals surface area contributed by atoms with Gasteiger partial charge in [-0.2, -0.15) is 0 Å². The summed E-state index contributed by atoms with van der Waals surface area (Å²) in [6.45, 7) is 8.55. The van der Waals surface area contributed by atoms with E-state index in [1.807, 2.05) is 4.90 Å². The molecule has 0 bridgehead atoms. The van der Waals surface area contributed by atoms with Crippen molar-refractivity contribution in [3.8, 4) is 0 Å². The Morgan fingerprint density at radius 2 is 1.81 bits per heavy atom. The predicted molar refractivity (Wildman–Crippen MR) is 104 cm³/mol. The molecule has 0 aromatic heterocycles. The number of likely N-dealkylation sites (tertiary alicyclic amines) is 1. The Morgan fingerprint density at radius 3 is 2.44 bits per heavy atom. The highest BCUT2D eigenvalue weighted by Crippen LogP contribution is 2.20. The first-order valence-corrected chi connectivity index (χ1v) is 10.0. The van der Waals surface area contributed by atoms with Crippen LogP contribution in [-0.2, 0) is 16.1 Å². The molecule has 27 heavy (non-hydrogen) atoms. The van der Waals surface area contributed by atoms with Gasteiger partial charge in [0, 0.05) is 25.2 Å². The van der Waals surface area contributed by atoms with Gasteiger partial charge in [0.2, 0.25) is 5.91 Å². The SMILES string of the molecule is CC(C)N1CC(OCc2ccc(F)cc2)CN(C2CCN(C)CC2)CC1=O. The summed E-state index contributed by atoms with van der Waals surface area (Å²) >= 11 is 0. The van der Waals surface area contributed by atoms with Gasteiger partial charge in [-0.1, -0.05) is 12.1 Å². The van der Waals surface area contributed by atoms with Gasteiger partial charge < -0.3 is 14.5 Å². The molecule has 2 aliphatic heterocycles. The van der Waals surface area contributed by atoms with Crippen LogP contribution in [0.15, 0.2) is 24.3 Å². The fourth-order valence-electron chi connectivity index (χ4n) is 4.01. The van der Waals surface area contributed by atoms with Crippen LogP contribution in [0.1, 0.15) is 32.3 Å². The zero-order valence-corrected chi connectivity index (χ0v) is 16.7. The lowest BCUT2D eigenvalue weighted by Crippen LogP contribution is -2.47. The molecule has 1 unspecified atom stereocenters. The second-order valence-electron chi connectivity index (χ2n) is 8.16. The first kappa shape index (κ1) is 20.2. The summed E-state index contributed by atoms with van der Waals surface area (Å²) in [6, 6.07) is 7.03. The molecule has 0 saturated carbocycles. The molecule has 2 saturated heterocycles. The molecular weight excluding hydrogens is 345 g/mol. The first-order valence-electron chi connectivity index (χ1n) is 10.0. The Balaban J connectivity index is 1.67. The van der Waals surface area contributed by atoms with Gasteiger partial charge in [0.05, 0.1) is 19.3 Å². The molecule has 150 valence electrons. The molecule has 2 aliphatic rings. The first-order chi connectivity index (χ1) is 12.9. The molecule has 2 heterocycles. The number of nitrogens with zero attached hydrogens (tertiary/aromatic N) is 3. The number of halogens is 1. The van der Waals surface area contributed by atoms with Crippen molar-refractivity contribution >= 4 is 5.91 Å². The van der Waals surface area contributed by atoms with Crippen LogP contribution in [-0.4, -0.2) is 78.6 Å². The lowest BCUT2D eigenvalue weighted by Gasteiger charge is -2.37. The van der Waals surface area contributed by atoms with Crippen molar-refractivity contribution in [3.63, 3.8) is 0 Å². The smallest absolute Gasteiger partial charge is 0.237 e. The van der Waals surface area contributed by atoms with Crippen molar-refractivity contribution in [2.45, 2.75) is 51.5 Å². The van der Waals surface area contributed by atoms with Gasteiger partial charge in [0.1, 0.15) is 5.82 Å². The number of hydrogen-bond donors (Lipinski definition) is 0. The van der Waals surface area contributed by atoms with Crippen molar-refractivity contribution < 1.29 is 13.9 Å². The zero-order chi connectivity index (χ0) is 19.4. The lowest BCUT2D eigenvalue weighted by atomic mass is 10.0. The number of rotatable bonds is 5. The highest BCUT2D eigenvalue weighted by molar-refractivity contribution is 5.79. The van der Waals surface area contributed by atoms with E-state index in [-0.39, 0.29) is 23.9 Å². The molecular formula is C21H32FN3O2. The molecule has 0 N–H and O–H groups in total. The number of amides is 1. The maximum absolute atomic E-state index is 13.1. The summed E-state index contributed by atoms with van der Waals surface area (Å²) in [7, 11) is 2.15. The largest absolute Gasteiger partial charge is 0.370 e. The summed E-state index contributed by atoms with van der Waals surface area (Å²) in [5.41, 5.74) is 0.953. The quantitative estimate of drug-likeness (QED) is 0.789. The monoisotopic (exact) mass is 377 g/mol. The van der Waals surface area contributed by atoms with Gasteiger partial charge in [-0.25, -0.2) is 4.39 Å². The van der Waals surface area contributed by atoms with Crippen molar-refractivity contribution in [2.24, 2.45) is 0 Å². The maximum atomic E-state index is 13.1. The summed E-state index contributed by atoms with van der Waals surface area (Å²) in [6.07, 6.45) is 2.15. The Kier molecular flexibility index (Phi) is 6.84. The summed E-state index contributed by atoms with van der Waals surface area (Å²) in [4.78, 5) is 19.4. The van der Waals surface area contributed by atoms with Gasteiger partial charge >= 0.3 is 0 Å². The van der Waals surface area contributed by atoms with Crippen molar-refractivity contribution in [2.75, 3.05) is 39.8 Å². The Hall–Kier alpha value is -1.50. The number of piperidine rings is 1. The number of hydrogen-bond acceptors (Lipinski definition) is 4. The van der Waals surface area contributed by atoms with E-state index < -0.39 is 0 Å². The Morgan fingerprint density at radius 1 is 1.15 bits per heavy atom. The molecule has 0 aliphatic carbocycles. The highest BCUT2D eigenvalue weighted by atomic mass is 19.1. The molecule has 1 atom stereocenters. The zero-order valence-electron chi connectivity index (χ0n) is 16.7. The molecule has 0 radical (unpaired) electrons. The third-order valence-electron chi connectivity index (χ3n) is 5.72. The molecule has 1 amide bonds. The number of ether oxygens (including phenoxy) is 1. The predicted octanol–water partition coefficient (Wildman–Crippen LogP) is 2.36. The van der Waals surface area contributed by atoms with E-state index in [1.165, 1.54) is 12.1 Å². The van der Waals surface area contributed by atoms with E-state index in [4.69, 9.17) is 4.74 Å². The topological polar surface area (TPSA) is 36.0 Å². The number of carbonyl (C=O) groups excluding carboxylic acids is 1. The van der Waals surface area contributed by atoms with Crippen molar-refractivity contribution in [1.29, 1.82) is 0 Å². The molecule has 1 aromatic rings. The fourth-order valence-corrected chi connectivity index (χ4v) is 4.01. The Labute approximate surface area is 162 Å². The summed E-state index contributed by atoms with van der Waals surface area (Å²) in [5.74, 6) is -0.0463. The minimum atomic E-state index is -0.238. The van der Waals surface area contributed by atoms with Crippen LogP contribution in [0.2, 0.25) is 0 Å². The Bertz CT molecular complexity index is 614. The van der Waals surface area contributed by atoms with E-state index in [0.717, 1.165) is 38.0 Å². The van der Waals surface area contributed by atoms with Gasteiger partial charge in [-0.3, -0.25) is 9.69 Å². The maximum Gasteiger partial charge on any atom is 0.237 e. The molecule has 0 spiro atoms. The molecule has 6 heteroatoms. The normalized spacial score (nSPS) is 23.8.